The van der Waals surface area contributed by atoms with E-state index >= 15 is 0 Å². The van der Waals surface area contributed by atoms with E-state index in [9.17, 15) is 14.7 Å². The standard InChI is InChI=1S/C29H34N6O4/c1-3-30-27-31-19-24-25(32-27)33(2)16-17-35(26(24)36)23-11-7-8-21(18-23)20-39-29(22-9-5-4-6-10-22)12-14-34(15-13-29)28(37)38/h4-11,18-19H,3,12-17,20H2,1-2H3,(H,37,38)(H,30,31,32). The fraction of sp³-hybridized carbons (Fsp3) is 0.379. The number of piperidine rings is 1. The van der Waals surface area contributed by atoms with Gasteiger partial charge in [-0.05, 0) is 43.0 Å². The first kappa shape index (κ1) is 26.4. The molecule has 1 fully saturated rings. The Bertz CT molecular complexity index is 1330. The summed E-state index contributed by atoms with van der Waals surface area (Å²) in [7, 11) is 1.93. The number of anilines is 3. The molecule has 2 aliphatic rings. The molecule has 10 heteroatoms. The van der Waals surface area contributed by atoms with Crippen LogP contribution in [0.4, 0.5) is 22.2 Å². The topological polar surface area (TPSA) is 111 Å². The minimum atomic E-state index is -0.901. The van der Waals surface area contributed by atoms with E-state index in [0.717, 1.165) is 16.8 Å². The van der Waals surface area contributed by atoms with Crippen molar-refractivity contribution >= 4 is 29.5 Å². The van der Waals surface area contributed by atoms with Crippen LogP contribution in [0.3, 0.4) is 0 Å². The maximum atomic E-state index is 13.6. The van der Waals surface area contributed by atoms with Crippen molar-refractivity contribution in [2.24, 2.45) is 0 Å². The van der Waals surface area contributed by atoms with E-state index in [1.807, 2.05) is 73.5 Å². The van der Waals surface area contributed by atoms with Gasteiger partial charge in [-0.2, -0.15) is 4.98 Å². The Kier molecular flexibility index (Phi) is 7.65. The summed E-state index contributed by atoms with van der Waals surface area (Å²) in [5, 5.41) is 12.5. The molecule has 0 saturated carbocycles. The number of carbonyl (C=O) groups excluding carboxylic acids is 1. The van der Waals surface area contributed by atoms with E-state index < -0.39 is 11.7 Å². The maximum Gasteiger partial charge on any atom is 0.407 e. The van der Waals surface area contributed by atoms with Gasteiger partial charge in [0.25, 0.3) is 5.91 Å². The second-order valence-corrected chi connectivity index (χ2v) is 9.93. The predicted octanol–water partition coefficient (Wildman–Crippen LogP) is 4.19. The molecule has 0 atom stereocenters. The normalized spacial score (nSPS) is 17.0. The number of nitrogens with zero attached hydrogens (tertiary/aromatic N) is 5. The van der Waals surface area contributed by atoms with Gasteiger partial charge in [0.1, 0.15) is 11.4 Å². The first-order chi connectivity index (χ1) is 18.9. The minimum absolute atomic E-state index is 0.141. The quantitative estimate of drug-likeness (QED) is 0.468. The van der Waals surface area contributed by atoms with Gasteiger partial charge >= 0.3 is 6.09 Å². The Morgan fingerprint density at radius 2 is 1.85 bits per heavy atom. The lowest BCUT2D eigenvalue weighted by atomic mass is 9.84. The van der Waals surface area contributed by atoms with Crippen LogP contribution >= 0.6 is 0 Å². The van der Waals surface area contributed by atoms with Crippen molar-refractivity contribution in [3.63, 3.8) is 0 Å². The van der Waals surface area contributed by atoms with Crippen LogP contribution in [-0.2, 0) is 16.9 Å². The zero-order valence-corrected chi connectivity index (χ0v) is 22.3. The number of carboxylic acid groups (broad SMARTS) is 1. The van der Waals surface area contributed by atoms with Crippen molar-refractivity contribution in [2.75, 3.05) is 54.9 Å². The van der Waals surface area contributed by atoms with Crippen LogP contribution in [-0.4, -0.2) is 71.7 Å². The largest absolute Gasteiger partial charge is 0.465 e. The highest BCUT2D eigenvalue weighted by molar-refractivity contribution is 6.09. The zero-order valence-electron chi connectivity index (χ0n) is 22.3. The van der Waals surface area contributed by atoms with Crippen LogP contribution in [0.5, 0.6) is 0 Å². The van der Waals surface area contributed by atoms with Crippen LogP contribution in [0.15, 0.2) is 60.8 Å². The molecule has 5 rings (SSSR count). The lowest BCUT2D eigenvalue weighted by Gasteiger charge is -2.41. The van der Waals surface area contributed by atoms with Crippen molar-refractivity contribution in [1.29, 1.82) is 0 Å². The molecule has 204 valence electrons. The lowest BCUT2D eigenvalue weighted by molar-refractivity contribution is -0.0959. The number of hydrogen-bond acceptors (Lipinski definition) is 7. The average molecular weight is 531 g/mol. The van der Waals surface area contributed by atoms with Crippen LogP contribution in [0.2, 0.25) is 0 Å². The number of fused-ring (bicyclic) bond motifs is 1. The van der Waals surface area contributed by atoms with E-state index in [2.05, 4.69) is 15.3 Å². The second-order valence-electron chi connectivity index (χ2n) is 9.93. The van der Waals surface area contributed by atoms with E-state index in [1.54, 1.807) is 11.1 Å². The van der Waals surface area contributed by atoms with E-state index in [0.29, 0.717) is 69.5 Å². The van der Waals surface area contributed by atoms with E-state index in [1.165, 1.54) is 4.90 Å². The second kappa shape index (κ2) is 11.3. The summed E-state index contributed by atoms with van der Waals surface area (Å²) in [6, 6.07) is 17.9. The Labute approximate surface area is 228 Å². The van der Waals surface area contributed by atoms with Crippen LogP contribution in [0.25, 0.3) is 0 Å². The molecule has 3 heterocycles. The molecular weight excluding hydrogens is 496 g/mol. The fourth-order valence-electron chi connectivity index (χ4n) is 5.26. The highest BCUT2D eigenvalue weighted by Gasteiger charge is 2.38. The number of carbonyl (C=O) groups is 2. The van der Waals surface area contributed by atoms with Crippen LogP contribution < -0.4 is 15.1 Å². The van der Waals surface area contributed by atoms with Gasteiger partial charge in [0, 0.05) is 51.7 Å². The number of aromatic nitrogens is 2. The Hall–Kier alpha value is -4.18. The lowest BCUT2D eigenvalue weighted by Crippen LogP contribution is -2.46. The molecule has 10 nitrogen and oxygen atoms in total. The van der Waals surface area contributed by atoms with Crippen molar-refractivity contribution in [3.8, 4) is 0 Å². The fourth-order valence-corrected chi connectivity index (χ4v) is 5.26. The number of amides is 2. The molecule has 0 bridgehead atoms. The highest BCUT2D eigenvalue weighted by Crippen LogP contribution is 2.38. The third-order valence-corrected chi connectivity index (χ3v) is 7.48. The number of likely N-dealkylation sites (tertiary alicyclic amines) is 1. The summed E-state index contributed by atoms with van der Waals surface area (Å²) in [5.41, 5.74) is 2.66. The number of ether oxygens (including phenoxy) is 1. The molecule has 1 saturated heterocycles. The smallest absolute Gasteiger partial charge is 0.407 e. The van der Waals surface area contributed by atoms with Crippen LogP contribution in [0.1, 0.15) is 41.3 Å². The molecule has 1 aromatic heterocycles. The molecular formula is C29H34N6O4. The van der Waals surface area contributed by atoms with Gasteiger partial charge in [-0.3, -0.25) is 4.79 Å². The van der Waals surface area contributed by atoms with Crippen molar-refractivity contribution in [1.82, 2.24) is 14.9 Å². The summed E-state index contributed by atoms with van der Waals surface area (Å²) in [5.74, 6) is 0.979. The number of rotatable bonds is 7. The third-order valence-electron chi connectivity index (χ3n) is 7.48. The van der Waals surface area contributed by atoms with Gasteiger partial charge in [-0.1, -0.05) is 42.5 Å². The number of benzene rings is 2. The van der Waals surface area contributed by atoms with Gasteiger partial charge < -0.3 is 29.9 Å². The summed E-state index contributed by atoms with van der Waals surface area (Å²) in [6.45, 7) is 4.96. The maximum absolute atomic E-state index is 13.6. The average Bonchev–Trinajstić information content (AvgIpc) is 3.08. The molecule has 2 aliphatic heterocycles. The summed E-state index contributed by atoms with van der Waals surface area (Å²) >= 11 is 0. The van der Waals surface area contributed by atoms with E-state index in [4.69, 9.17) is 4.74 Å². The predicted molar refractivity (Wildman–Crippen MR) is 149 cm³/mol. The van der Waals surface area contributed by atoms with Crippen LogP contribution in [0, 0.1) is 0 Å². The molecule has 2 amide bonds. The van der Waals surface area contributed by atoms with E-state index in [-0.39, 0.29) is 5.91 Å². The summed E-state index contributed by atoms with van der Waals surface area (Å²) < 4.78 is 6.62. The van der Waals surface area contributed by atoms with Gasteiger partial charge in [-0.15, -0.1) is 0 Å². The Morgan fingerprint density at radius 1 is 1.08 bits per heavy atom. The van der Waals surface area contributed by atoms with Crippen molar-refractivity contribution in [2.45, 2.75) is 32.0 Å². The molecule has 39 heavy (non-hydrogen) atoms. The summed E-state index contributed by atoms with van der Waals surface area (Å²) in [6.07, 6.45) is 1.84. The summed E-state index contributed by atoms with van der Waals surface area (Å²) in [4.78, 5) is 39.2. The molecule has 2 aromatic carbocycles. The molecule has 2 N–H and O–H groups in total. The Morgan fingerprint density at radius 3 is 2.56 bits per heavy atom. The minimum Gasteiger partial charge on any atom is -0.465 e. The first-order valence-electron chi connectivity index (χ1n) is 13.3. The molecule has 0 radical (unpaired) electrons. The number of likely N-dealkylation sites (N-methyl/N-ethyl adjacent to an activating group) is 1. The number of hydrogen-bond donors (Lipinski definition) is 2. The van der Waals surface area contributed by atoms with Gasteiger partial charge in [0.05, 0.1) is 12.2 Å². The van der Waals surface area contributed by atoms with Gasteiger partial charge in [-0.25, -0.2) is 9.78 Å². The van der Waals surface area contributed by atoms with Gasteiger partial charge in [0.2, 0.25) is 5.95 Å². The third kappa shape index (κ3) is 5.51. The monoisotopic (exact) mass is 530 g/mol. The van der Waals surface area contributed by atoms with Crippen molar-refractivity contribution in [3.05, 3.63) is 77.5 Å². The SMILES string of the molecule is CCNc1ncc2c(n1)N(C)CCN(c1cccc(COC3(c4ccccc4)CCN(C(=O)O)CC3)c1)C2=O. The molecule has 3 aromatic rings. The Balaban J connectivity index is 1.36. The number of nitrogens with one attached hydrogen (secondary N) is 1. The van der Waals surface area contributed by atoms with Crippen molar-refractivity contribution < 1.29 is 19.4 Å². The highest BCUT2D eigenvalue weighted by atomic mass is 16.5. The molecule has 0 spiro atoms. The zero-order chi connectivity index (χ0) is 27.4. The molecule has 0 aliphatic carbocycles. The van der Waals surface area contributed by atoms with Gasteiger partial charge in [0.15, 0.2) is 0 Å². The first-order valence-corrected chi connectivity index (χ1v) is 13.3. The molecule has 0 unspecified atom stereocenters.